The monoisotopic (exact) mass is 186 g/mol. The fourth-order valence-electron chi connectivity index (χ4n) is 2.56. The van der Waals surface area contributed by atoms with Gasteiger partial charge >= 0.3 is 0 Å². The molecule has 0 aliphatic heterocycles. The Labute approximate surface area is 85.9 Å². The van der Waals surface area contributed by atoms with Crippen LogP contribution in [0.1, 0.15) is 39.0 Å². The number of ketones is 1. The van der Waals surface area contributed by atoms with Gasteiger partial charge in [0.15, 0.2) is 5.78 Å². The zero-order valence-electron chi connectivity index (χ0n) is 9.11. The third kappa shape index (κ3) is 1.21. The van der Waals surface area contributed by atoms with E-state index in [0.29, 0.717) is 12.2 Å². The summed E-state index contributed by atoms with van der Waals surface area (Å²) >= 11 is 0. The van der Waals surface area contributed by atoms with Crippen molar-refractivity contribution in [3.05, 3.63) is 33.9 Å². The minimum absolute atomic E-state index is 0.328. The minimum Gasteiger partial charge on any atom is -0.294 e. The predicted molar refractivity (Wildman–Crippen MR) is 60.8 cm³/mol. The van der Waals surface area contributed by atoms with Crippen LogP contribution in [0.25, 0.3) is 0 Å². The highest BCUT2D eigenvalue weighted by atomic mass is 16.1. The van der Waals surface area contributed by atoms with E-state index in [-0.39, 0.29) is 0 Å². The van der Waals surface area contributed by atoms with Gasteiger partial charge in [-0.3, -0.25) is 4.79 Å². The van der Waals surface area contributed by atoms with Gasteiger partial charge in [0, 0.05) is 12.0 Å². The number of rotatable bonds is 1. The summed E-state index contributed by atoms with van der Waals surface area (Å²) in [5, 5.41) is 0. The first-order valence-corrected chi connectivity index (χ1v) is 5.30. The molecule has 0 bridgehead atoms. The van der Waals surface area contributed by atoms with Crippen molar-refractivity contribution in [2.75, 3.05) is 0 Å². The van der Waals surface area contributed by atoms with Gasteiger partial charge in [0.1, 0.15) is 7.85 Å². The molecule has 0 saturated heterocycles. The number of carbonyl (C=O) groups excluding carboxylic acids is 1. The molecule has 1 aliphatic carbocycles. The fourth-order valence-corrected chi connectivity index (χ4v) is 2.56. The Bertz CT molecular complexity index is 407. The lowest BCUT2D eigenvalue weighted by Gasteiger charge is -2.12. The van der Waals surface area contributed by atoms with Crippen molar-refractivity contribution in [2.45, 2.75) is 33.0 Å². The van der Waals surface area contributed by atoms with Crippen LogP contribution in [0.5, 0.6) is 0 Å². The third-order valence-electron chi connectivity index (χ3n) is 3.32. The van der Waals surface area contributed by atoms with Gasteiger partial charge in [-0.2, -0.15) is 0 Å². The summed E-state index contributed by atoms with van der Waals surface area (Å²) in [5.41, 5.74) is 6.35. The van der Waals surface area contributed by atoms with E-state index in [1.807, 2.05) is 0 Å². The lowest BCUT2D eigenvalue weighted by molar-refractivity contribution is 0.0994. The molecule has 72 valence electrons. The zero-order valence-corrected chi connectivity index (χ0v) is 9.11. The molecule has 1 aromatic carbocycles. The normalized spacial score (nSPS) is 14.6. The number of hydrogen-bond acceptors (Lipinski definition) is 1. The summed E-state index contributed by atoms with van der Waals surface area (Å²) in [6.45, 7) is 4.26. The Morgan fingerprint density at radius 1 is 1.36 bits per heavy atom. The molecule has 0 saturated carbocycles. The summed E-state index contributed by atoms with van der Waals surface area (Å²) < 4.78 is 0. The number of Topliss-reactive ketones (excluding diaryl/α,β-unsaturated/α-hetero) is 1. The average molecular weight is 186 g/mol. The first-order valence-electron chi connectivity index (χ1n) is 5.30. The van der Waals surface area contributed by atoms with Crippen molar-refractivity contribution < 1.29 is 4.79 Å². The third-order valence-corrected chi connectivity index (χ3v) is 3.32. The molecule has 0 fully saturated rings. The minimum atomic E-state index is 0.328. The van der Waals surface area contributed by atoms with Crippen LogP contribution in [0, 0.1) is 13.8 Å². The van der Waals surface area contributed by atoms with Gasteiger partial charge in [-0.15, -0.1) is 0 Å². The molecule has 2 rings (SSSR count). The Hall–Kier alpha value is -1.05. The molecule has 2 heteroatoms. The second kappa shape index (κ2) is 3.27. The van der Waals surface area contributed by atoms with Crippen LogP contribution < -0.4 is 0 Å². The van der Waals surface area contributed by atoms with Crippen molar-refractivity contribution in [2.24, 2.45) is 0 Å². The summed E-state index contributed by atoms with van der Waals surface area (Å²) in [5.74, 6) is 0.328. The highest BCUT2D eigenvalue weighted by Crippen LogP contribution is 2.29. The quantitative estimate of drug-likeness (QED) is 0.608. The molecule has 1 nitrogen and oxygen atoms in total. The molecule has 0 N–H and O–H groups in total. The maximum Gasteiger partial charge on any atom is 0.163 e. The van der Waals surface area contributed by atoms with Crippen LogP contribution in [0.2, 0.25) is 0 Å². The Balaban J connectivity index is 2.68. The molecular weight excluding hydrogens is 171 g/mol. The molecule has 14 heavy (non-hydrogen) atoms. The van der Waals surface area contributed by atoms with E-state index in [1.165, 1.54) is 22.3 Å². The van der Waals surface area contributed by atoms with E-state index >= 15 is 0 Å². The van der Waals surface area contributed by atoms with Crippen molar-refractivity contribution in [1.29, 1.82) is 0 Å². The highest BCUT2D eigenvalue weighted by molar-refractivity contribution is 6.09. The van der Waals surface area contributed by atoms with Gasteiger partial charge in [-0.05, 0) is 48.6 Å². The Morgan fingerprint density at radius 2 is 2.07 bits per heavy atom. The summed E-state index contributed by atoms with van der Waals surface area (Å²) in [4.78, 5) is 11.6. The van der Waals surface area contributed by atoms with Crippen LogP contribution in [-0.2, 0) is 12.7 Å². The van der Waals surface area contributed by atoms with Crippen LogP contribution >= 0.6 is 0 Å². The maximum absolute atomic E-state index is 11.6. The molecule has 1 aromatic rings. The number of benzene rings is 1. The van der Waals surface area contributed by atoms with E-state index in [0.717, 1.165) is 18.3 Å². The Morgan fingerprint density at radius 3 is 2.71 bits per heavy atom. The average Bonchev–Trinajstić information content (AvgIpc) is 2.49. The van der Waals surface area contributed by atoms with E-state index in [9.17, 15) is 4.79 Å². The van der Waals surface area contributed by atoms with Gasteiger partial charge in [0.05, 0.1) is 0 Å². The van der Waals surface area contributed by atoms with Crippen LogP contribution in [0.3, 0.4) is 0 Å². The molecule has 0 radical (unpaired) electrons. The van der Waals surface area contributed by atoms with Gasteiger partial charge < -0.3 is 0 Å². The van der Waals surface area contributed by atoms with Gasteiger partial charge in [0.2, 0.25) is 0 Å². The summed E-state index contributed by atoms with van der Waals surface area (Å²) in [7, 11) is 2.18. The number of aryl methyl sites for hydroxylation is 1. The lowest BCUT2D eigenvalue weighted by Crippen LogP contribution is -2.01. The maximum atomic E-state index is 11.6. The molecule has 0 heterocycles. The second-order valence-electron chi connectivity index (χ2n) is 4.10. The fraction of sp³-hybridized carbons (Fsp3) is 0.417. The van der Waals surface area contributed by atoms with E-state index in [1.54, 1.807) is 0 Å². The summed E-state index contributed by atoms with van der Waals surface area (Å²) in [6, 6.07) is 2.08. The predicted octanol–water partition coefficient (Wildman–Crippen LogP) is 1.57. The lowest BCUT2D eigenvalue weighted by atomic mass is 9.86. The van der Waals surface area contributed by atoms with Crippen LogP contribution in [0.15, 0.2) is 6.07 Å². The molecule has 0 spiro atoms. The van der Waals surface area contributed by atoms with E-state index in [4.69, 9.17) is 0 Å². The topological polar surface area (TPSA) is 17.1 Å². The largest absolute Gasteiger partial charge is 0.294 e. The standard InChI is InChI=1S/C12H15BO/c1-7-5-10-9(3-4-12(10)14)8(2)11(7)6-13/h5H,3-4,6,13H2,1-2H3. The van der Waals surface area contributed by atoms with Crippen LogP contribution in [0.4, 0.5) is 0 Å². The van der Waals surface area contributed by atoms with Gasteiger partial charge in [-0.1, -0.05) is 6.32 Å². The zero-order chi connectivity index (χ0) is 10.3. The number of carbonyl (C=O) groups is 1. The SMILES string of the molecule is BCc1c(C)cc2c(c1C)CCC2=O. The van der Waals surface area contributed by atoms with Crippen molar-refractivity contribution >= 4 is 13.6 Å². The van der Waals surface area contributed by atoms with Crippen molar-refractivity contribution in [1.82, 2.24) is 0 Å². The van der Waals surface area contributed by atoms with Gasteiger partial charge in [0.25, 0.3) is 0 Å². The molecular formula is C12H15BO. The van der Waals surface area contributed by atoms with Crippen LogP contribution in [-0.4, -0.2) is 13.6 Å². The summed E-state index contributed by atoms with van der Waals surface area (Å²) in [6.07, 6.45) is 2.73. The number of hydrogen-bond donors (Lipinski definition) is 0. The van der Waals surface area contributed by atoms with Crippen molar-refractivity contribution in [3.63, 3.8) is 0 Å². The molecule has 0 amide bonds. The first kappa shape index (κ1) is 9.51. The van der Waals surface area contributed by atoms with Crippen molar-refractivity contribution in [3.8, 4) is 0 Å². The first-order chi connectivity index (χ1) is 6.65. The van der Waals surface area contributed by atoms with E-state index in [2.05, 4.69) is 27.8 Å². The molecule has 0 unspecified atom stereocenters. The molecule has 1 aliphatic rings. The Kier molecular flexibility index (Phi) is 2.22. The number of fused-ring (bicyclic) bond motifs is 1. The van der Waals surface area contributed by atoms with E-state index < -0.39 is 0 Å². The molecule has 0 aromatic heterocycles. The second-order valence-corrected chi connectivity index (χ2v) is 4.10. The molecule has 0 atom stereocenters. The highest BCUT2D eigenvalue weighted by Gasteiger charge is 2.22. The smallest absolute Gasteiger partial charge is 0.163 e. The van der Waals surface area contributed by atoms with Gasteiger partial charge in [-0.25, -0.2) is 0 Å².